The van der Waals surface area contributed by atoms with E-state index >= 15 is 0 Å². The van der Waals surface area contributed by atoms with Gasteiger partial charge in [-0.3, -0.25) is 4.79 Å². The van der Waals surface area contributed by atoms with E-state index in [1.54, 1.807) is 11.8 Å². The number of aromatic nitrogens is 2. The molecular formula is C9H14N4O2. The van der Waals surface area contributed by atoms with Crippen LogP contribution in [0.4, 0.5) is 0 Å². The average Bonchev–Trinajstić information content (AvgIpc) is 2.76. The van der Waals surface area contributed by atoms with Crippen molar-refractivity contribution >= 4 is 5.91 Å². The molecule has 0 bridgehead atoms. The summed E-state index contributed by atoms with van der Waals surface area (Å²) in [5.74, 6) is 1.18. The van der Waals surface area contributed by atoms with E-state index in [-0.39, 0.29) is 11.9 Å². The highest BCUT2D eigenvalue weighted by Crippen LogP contribution is 2.19. The molecule has 0 spiro atoms. The van der Waals surface area contributed by atoms with Crippen LogP contribution in [-0.4, -0.2) is 33.5 Å². The smallest absolute Gasteiger partial charge is 0.223 e. The van der Waals surface area contributed by atoms with E-state index in [0.29, 0.717) is 31.2 Å². The SMILES string of the molecule is Cc1nc(CN2C(=O)CCC2CN)no1. The highest BCUT2D eigenvalue weighted by atomic mass is 16.5. The third-order valence-corrected chi connectivity index (χ3v) is 2.61. The maximum absolute atomic E-state index is 11.5. The van der Waals surface area contributed by atoms with E-state index in [1.807, 2.05) is 0 Å². The van der Waals surface area contributed by atoms with Crippen LogP contribution >= 0.6 is 0 Å². The summed E-state index contributed by atoms with van der Waals surface area (Å²) in [4.78, 5) is 17.3. The number of nitrogens with zero attached hydrogens (tertiary/aromatic N) is 3. The van der Waals surface area contributed by atoms with Crippen LogP contribution < -0.4 is 5.73 Å². The van der Waals surface area contributed by atoms with Gasteiger partial charge in [-0.2, -0.15) is 4.98 Å². The summed E-state index contributed by atoms with van der Waals surface area (Å²) < 4.78 is 4.85. The molecule has 15 heavy (non-hydrogen) atoms. The van der Waals surface area contributed by atoms with Gasteiger partial charge in [-0.05, 0) is 6.42 Å². The lowest BCUT2D eigenvalue weighted by Crippen LogP contribution is -2.37. The molecule has 1 aliphatic rings. The Morgan fingerprint density at radius 3 is 3.07 bits per heavy atom. The second kappa shape index (κ2) is 3.98. The fourth-order valence-electron chi connectivity index (χ4n) is 1.81. The highest BCUT2D eigenvalue weighted by Gasteiger charge is 2.30. The summed E-state index contributed by atoms with van der Waals surface area (Å²) >= 11 is 0. The molecule has 1 aromatic rings. The highest BCUT2D eigenvalue weighted by molar-refractivity contribution is 5.78. The predicted octanol–water partition coefficient (Wildman–Crippen LogP) is -0.172. The molecule has 1 aromatic heterocycles. The summed E-state index contributed by atoms with van der Waals surface area (Å²) in [7, 11) is 0. The second-order valence-electron chi connectivity index (χ2n) is 3.68. The number of amides is 1. The minimum absolute atomic E-state index is 0.118. The molecule has 1 unspecified atom stereocenters. The maximum Gasteiger partial charge on any atom is 0.223 e. The Kier molecular flexibility index (Phi) is 2.68. The van der Waals surface area contributed by atoms with Crippen LogP contribution in [0.25, 0.3) is 0 Å². The van der Waals surface area contributed by atoms with Gasteiger partial charge < -0.3 is 15.2 Å². The molecule has 2 heterocycles. The lowest BCUT2D eigenvalue weighted by Gasteiger charge is -2.21. The number of rotatable bonds is 3. The van der Waals surface area contributed by atoms with Gasteiger partial charge in [0.25, 0.3) is 0 Å². The normalized spacial score (nSPS) is 21.3. The molecule has 6 nitrogen and oxygen atoms in total. The Balaban J connectivity index is 2.06. The first-order valence-corrected chi connectivity index (χ1v) is 4.99. The quantitative estimate of drug-likeness (QED) is 0.748. The summed E-state index contributed by atoms with van der Waals surface area (Å²) in [6.45, 7) is 2.61. The van der Waals surface area contributed by atoms with Crippen molar-refractivity contribution in [2.75, 3.05) is 6.54 Å². The Labute approximate surface area is 87.4 Å². The van der Waals surface area contributed by atoms with Gasteiger partial charge in [0, 0.05) is 25.9 Å². The molecule has 82 valence electrons. The average molecular weight is 210 g/mol. The Hall–Kier alpha value is -1.43. The molecule has 1 aliphatic heterocycles. The summed E-state index contributed by atoms with van der Waals surface area (Å²) in [6.07, 6.45) is 1.39. The van der Waals surface area contributed by atoms with Crippen LogP contribution in [0.1, 0.15) is 24.6 Å². The van der Waals surface area contributed by atoms with Crippen LogP contribution in [-0.2, 0) is 11.3 Å². The van der Waals surface area contributed by atoms with Crippen LogP contribution in [0, 0.1) is 6.92 Å². The lowest BCUT2D eigenvalue weighted by atomic mass is 10.2. The molecule has 1 saturated heterocycles. The first-order chi connectivity index (χ1) is 7.20. The van der Waals surface area contributed by atoms with Gasteiger partial charge >= 0.3 is 0 Å². The zero-order valence-corrected chi connectivity index (χ0v) is 8.64. The van der Waals surface area contributed by atoms with Crippen molar-refractivity contribution in [3.63, 3.8) is 0 Å². The van der Waals surface area contributed by atoms with Crippen LogP contribution in [0.3, 0.4) is 0 Å². The zero-order valence-electron chi connectivity index (χ0n) is 8.64. The van der Waals surface area contributed by atoms with Crippen molar-refractivity contribution in [1.82, 2.24) is 15.0 Å². The van der Waals surface area contributed by atoms with Gasteiger partial charge in [-0.15, -0.1) is 0 Å². The Morgan fingerprint density at radius 1 is 1.67 bits per heavy atom. The molecule has 1 fully saturated rings. The first-order valence-electron chi connectivity index (χ1n) is 4.99. The zero-order chi connectivity index (χ0) is 10.8. The topological polar surface area (TPSA) is 85.2 Å². The van der Waals surface area contributed by atoms with Gasteiger partial charge in [-0.25, -0.2) is 0 Å². The standard InChI is InChI=1S/C9H14N4O2/c1-6-11-8(12-15-6)5-13-7(4-10)2-3-9(13)14/h7H,2-5,10H2,1H3. The monoisotopic (exact) mass is 210 g/mol. The van der Waals surface area contributed by atoms with Crippen molar-refractivity contribution in [2.24, 2.45) is 5.73 Å². The number of carbonyl (C=O) groups is 1. The van der Waals surface area contributed by atoms with Crippen molar-refractivity contribution in [3.8, 4) is 0 Å². The van der Waals surface area contributed by atoms with Crippen LogP contribution in [0.2, 0.25) is 0 Å². The van der Waals surface area contributed by atoms with Crippen LogP contribution in [0.15, 0.2) is 4.52 Å². The maximum atomic E-state index is 11.5. The first kappa shape index (κ1) is 10.1. The molecule has 0 radical (unpaired) electrons. The van der Waals surface area contributed by atoms with Gasteiger partial charge in [0.1, 0.15) is 0 Å². The molecule has 0 aromatic carbocycles. The number of hydrogen-bond donors (Lipinski definition) is 1. The molecule has 2 rings (SSSR count). The van der Waals surface area contributed by atoms with E-state index in [1.165, 1.54) is 0 Å². The van der Waals surface area contributed by atoms with E-state index in [2.05, 4.69) is 10.1 Å². The molecule has 1 atom stereocenters. The van der Waals surface area contributed by atoms with Gasteiger partial charge in [0.2, 0.25) is 11.8 Å². The number of aryl methyl sites for hydroxylation is 1. The summed E-state index contributed by atoms with van der Waals surface area (Å²) in [5, 5.41) is 3.76. The second-order valence-corrected chi connectivity index (χ2v) is 3.68. The van der Waals surface area contributed by atoms with Gasteiger partial charge in [0.05, 0.1) is 6.54 Å². The van der Waals surface area contributed by atoms with E-state index < -0.39 is 0 Å². The van der Waals surface area contributed by atoms with Crippen molar-refractivity contribution in [2.45, 2.75) is 32.4 Å². The minimum Gasteiger partial charge on any atom is -0.340 e. The van der Waals surface area contributed by atoms with Gasteiger partial charge in [0.15, 0.2) is 5.82 Å². The summed E-state index contributed by atoms with van der Waals surface area (Å²) in [6, 6.07) is 0.122. The van der Waals surface area contributed by atoms with Crippen molar-refractivity contribution < 1.29 is 9.32 Å². The third-order valence-electron chi connectivity index (χ3n) is 2.61. The van der Waals surface area contributed by atoms with E-state index in [4.69, 9.17) is 10.3 Å². The molecule has 2 N–H and O–H groups in total. The Morgan fingerprint density at radius 2 is 2.47 bits per heavy atom. The van der Waals surface area contributed by atoms with E-state index in [0.717, 1.165) is 6.42 Å². The molecule has 1 amide bonds. The third kappa shape index (κ3) is 1.99. The van der Waals surface area contributed by atoms with E-state index in [9.17, 15) is 4.79 Å². The molecule has 6 heteroatoms. The summed E-state index contributed by atoms with van der Waals surface area (Å²) in [5.41, 5.74) is 5.59. The number of hydrogen-bond acceptors (Lipinski definition) is 5. The molecule has 0 aliphatic carbocycles. The fraction of sp³-hybridized carbons (Fsp3) is 0.667. The number of nitrogens with two attached hydrogens (primary N) is 1. The predicted molar refractivity (Wildman–Crippen MR) is 51.7 cm³/mol. The molecular weight excluding hydrogens is 196 g/mol. The molecule has 0 saturated carbocycles. The van der Waals surface area contributed by atoms with Crippen molar-refractivity contribution in [3.05, 3.63) is 11.7 Å². The Bertz CT molecular complexity index is 363. The minimum atomic E-state index is 0.118. The largest absolute Gasteiger partial charge is 0.340 e. The fourth-order valence-corrected chi connectivity index (χ4v) is 1.81. The number of carbonyl (C=O) groups excluding carboxylic acids is 1. The van der Waals surface area contributed by atoms with Gasteiger partial charge in [-0.1, -0.05) is 5.16 Å². The number of likely N-dealkylation sites (tertiary alicyclic amines) is 1. The van der Waals surface area contributed by atoms with Crippen LogP contribution in [0.5, 0.6) is 0 Å². The van der Waals surface area contributed by atoms with Crippen molar-refractivity contribution in [1.29, 1.82) is 0 Å². The lowest BCUT2D eigenvalue weighted by molar-refractivity contribution is -0.129.